The average molecular weight is 427 g/mol. The number of aromatic nitrogens is 2. The minimum absolute atomic E-state index is 0.189. The number of carbonyl (C=O) groups is 2. The first kappa shape index (κ1) is 21.7. The monoisotopic (exact) mass is 426 g/mol. The maximum absolute atomic E-state index is 12.7. The lowest BCUT2D eigenvalue weighted by Crippen LogP contribution is -2.30. The van der Waals surface area contributed by atoms with Gasteiger partial charge in [0.2, 0.25) is 5.91 Å². The molecule has 0 saturated carbocycles. The van der Waals surface area contributed by atoms with Crippen LogP contribution in [0.4, 0.5) is 5.00 Å². The summed E-state index contributed by atoms with van der Waals surface area (Å²) in [7, 11) is 3.77. The molecule has 30 heavy (non-hydrogen) atoms. The van der Waals surface area contributed by atoms with Crippen molar-refractivity contribution in [2.75, 3.05) is 25.5 Å². The summed E-state index contributed by atoms with van der Waals surface area (Å²) in [5.74, 6) is -0.627. The van der Waals surface area contributed by atoms with Crippen molar-refractivity contribution in [3.8, 4) is 11.1 Å². The van der Waals surface area contributed by atoms with Gasteiger partial charge in [0, 0.05) is 35.8 Å². The molecule has 158 valence electrons. The predicted molar refractivity (Wildman–Crippen MR) is 119 cm³/mol. The second-order valence-corrected chi connectivity index (χ2v) is 7.92. The van der Waals surface area contributed by atoms with E-state index < -0.39 is 5.97 Å². The summed E-state index contributed by atoms with van der Waals surface area (Å²) in [6, 6.07) is 9.61. The van der Waals surface area contributed by atoms with Crippen LogP contribution in [0.15, 0.2) is 41.9 Å². The maximum Gasteiger partial charge on any atom is 0.341 e. The highest BCUT2D eigenvalue weighted by Crippen LogP contribution is 2.36. The Labute approximate surface area is 180 Å². The van der Waals surface area contributed by atoms with Gasteiger partial charge in [0.05, 0.1) is 19.3 Å². The summed E-state index contributed by atoms with van der Waals surface area (Å²) in [6.45, 7) is 4.83. The van der Waals surface area contributed by atoms with Crippen LogP contribution in [0.25, 0.3) is 11.1 Å². The number of rotatable bonds is 8. The quantitative estimate of drug-likeness (QED) is 0.556. The number of aryl methyl sites for hydroxylation is 1. The Morgan fingerprint density at radius 2 is 2.00 bits per heavy atom. The van der Waals surface area contributed by atoms with Crippen LogP contribution in [0.2, 0.25) is 0 Å². The van der Waals surface area contributed by atoms with Crippen molar-refractivity contribution in [3.05, 3.63) is 58.7 Å². The van der Waals surface area contributed by atoms with Crippen molar-refractivity contribution in [2.45, 2.75) is 20.4 Å². The van der Waals surface area contributed by atoms with Gasteiger partial charge in [0.15, 0.2) is 0 Å². The van der Waals surface area contributed by atoms with Crippen LogP contribution in [-0.4, -0.2) is 46.8 Å². The standard InChI is InChI=1S/C22H26N4O3S/c1-5-29-22(28)20-18(16-9-7-6-8-10-16)14-30-21(20)24-19(27)13-25(3)12-17-11-23-26(4)15(17)2/h6-11,14H,5,12-13H2,1-4H3,(H,24,27). The lowest BCUT2D eigenvalue weighted by atomic mass is 10.0. The molecular formula is C22H26N4O3S. The third kappa shape index (κ3) is 4.95. The van der Waals surface area contributed by atoms with E-state index in [9.17, 15) is 9.59 Å². The summed E-state index contributed by atoms with van der Waals surface area (Å²) in [6.07, 6.45) is 1.81. The van der Waals surface area contributed by atoms with Gasteiger partial charge < -0.3 is 10.1 Å². The number of esters is 1. The molecule has 2 aromatic heterocycles. The van der Waals surface area contributed by atoms with E-state index in [1.54, 1.807) is 6.92 Å². The van der Waals surface area contributed by atoms with E-state index >= 15 is 0 Å². The van der Waals surface area contributed by atoms with E-state index in [-0.39, 0.29) is 19.1 Å². The SMILES string of the molecule is CCOC(=O)c1c(-c2ccccc2)csc1NC(=O)CN(C)Cc1cnn(C)c1C. The lowest BCUT2D eigenvalue weighted by Gasteiger charge is -2.16. The van der Waals surface area contributed by atoms with Crippen LogP contribution in [0, 0.1) is 6.92 Å². The summed E-state index contributed by atoms with van der Waals surface area (Å²) in [4.78, 5) is 27.2. The molecule has 0 aliphatic rings. The van der Waals surface area contributed by atoms with Gasteiger partial charge in [-0.3, -0.25) is 14.4 Å². The molecule has 0 aliphatic carbocycles. The van der Waals surface area contributed by atoms with Gasteiger partial charge in [0.1, 0.15) is 10.6 Å². The van der Waals surface area contributed by atoms with Gasteiger partial charge in [-0.1, -0.05) is 30.3 Å². The minimum Gasteiger partial charge on any atom is -0.462 e. The Bertz CT molecular complexity index is 1030. The van der Waals surface area contributed by atoms with Crippen molar-refractivity contribution in [3.63, 3.8) is 0 Å². The molecule has 0 unspecified atom stereocenters. The van der Waals surface area contributed by atoms with Crippen LogP contribution >= 0.6 is 11.3 Å². The fraction of sp³-hybridized carbons (Fsp3) is 0.318. The number of thiophene rings is 1. The molecule has 8 heteroatoms. The molecule has 0 aliphatic heterocycles. The Morgan fingerprint density at radius 1 is 1.27 bits per heavy atom. The van der Waals surface area contributed by atoms with Crippen molar-refractivity contribution >= 4 is 28.2 Å². The number of hydrogen-bond donors (Lipinski definition) is 1. The number of nitrogens with one attached hydrogen (secondary N) is 1. The maximum atomic E-state index is 12.7. The lowest BCUT2D eigenvalue weighted by molar-refractivity contribution is -0.117. The summed E-state index contributed by atoms with van der Waals surface area (Å²) in [5.41, 5.74) is 4.20. The fourth-order valence-corrected chi connectivity index (χ4v) is 4.12. The molecule has 1 aromatic carbocycles. The predicted octanol–water partition coefficient (Wildman–Crippen LogP) is 3.70. The normalized spacial score (nSPS) is 11.0. The zero-order valence-electron chi connectivity index (χ0n) is 17.6. The number of hydrogen-bond acceptors (Lipinski definition) is 6. The van der Waals surface area contributed by atoms with Crippen molar-refractivity contribution in [1.29, 1.82) is 0 Å². The van der Waals surface area contributed by atoms with E-state index in [1.165, 1.54) is 11.3 Å². The molecule has 0 radical (unpaired) electrons. The average Bonchev–Trinajstić information content (AvgIpc) is 3.27. The number of anilines is 1. The molecule has 0 fully saturated rings. The molecule has 0 saturated heterocycles. The number of carbonyl (C=O) groups excluding carboxylic acids is 2. The van der Waals surface area contributed by atoms with Gasteiger partial charge in [-0.2, -0.15) is 5.10 Å². The molecule has 0 spiro atoms. The molecule has 1 amide bonds. The highest BCUT2D eigenvalue weighted by atomic mass is 32.1. The fourth-order valence-electron chi connectivity index (χ4n) is 3.14. The Morgan fingerprint density at radius 3 is 2.63 bits per heavy atom. The van der Waals surface area contributed by atoms with Crippen molar-refractivity contribution < 1.29 is 14.3 Å². The molecule has 2 heterocycles. The van der Waals surface area contributed by atoms with E-state index in [0.29, 0.717) is 17.1 Å². The second kappa shape index (κ2) is 9.69. The Hall–Kier alpha value is -2.97. The van der Waals surface area contributed by atoms with E-state index in [4.69, 9.17) is 4.74 Å². The van der Waals surface area contributed by atoms with Gasteiger partial charge in [-0.05, 0) is 26.5 Å². The summed E-state index contributed by atoms with van der Waals surface area (Å²) in [5, 5.41) is 9.51. The zero-order valence-corrected chi connectivity index (χ0v) is 18.5. The molecule has 0 bridgehead atoms. The van der Waals surface area contributed by atoms with Crippen molar-refractivity contribution in [2.24, 2.45) is 7.05 Å². The Kier molecular flexibility index (Phi) is 7.02. The third-order valence-electron chi connectivity index (χ3n) is 4.80. The van der Waals surface area contributed by atoms with Gasteiger partial charge in [-0.25, -0.2) is 4.79 Å². The molecular weight excluding hydrogens is 400 g/mol. The smallest absolute Gasteiger partial charge is 0.341 e. The first-order valence-corrected chi connectivity index (χ1v) is 10.6. The summed E-state index contributed by atoms with van der Waals surface area (Å²) < 4.78 is 7.05. The number of ether oxygens (including phenoxy) is 1. The molecule has 3 rings (SSSR count). The molecule has 0 atom stereocenters. The number of benzene rings is 1. The van der Waals surface area contributed by atoms with E-state index in [0.717, 1.165) is 22.4 Å². The molecule has 3 aromatic rings. The number of nitrogens with zero attached hydrogens (tertiary/aromatic N) is 3. The van der Waals surface area contributed by atoms with Gasteiger partial charge in [-0.15, -0.1) is 11.3 Å². The second-order valence-electron chi connectivity index (χ2n) is 7.04. The third-order valence-corrected chi connectivity index (χ3v) is 5.69. The molecule has 7 nitrogen and oxygen atoms in total. The number of amides is 1. The van der Waals surface area contributed by atoms with Gasteiger partial charge >= 0.3 is 5.97 Å². The van der Waals surface area contributed by atoms with E-state index in [1.807, 2.05) is 72.5 Å². The number of likely N-dealkylation sites (N-methyl/N-ethyl adjacent to an activating group) is 1. The van der Waals surface area contributed by atoms with Crippen LogP contribution in [0.3, 0.4) is 0 Å². The largest absolute Gasteiger partial charge is 0.462 e. The van der Waals surface area contributed by atoms with Crippen LogP contribution < -0.4 is 5.32 Å². The minimum atomic E-state index is -0.438. The van der Waals surface area contributed by atoms with Crippen LogP contribution in [-0.2, 0) is 23.1 Å². The highest BCUT2D eigenvalue weighted by Gasteiger charge is 2.23. The van der Waals surface area contributed by atoms with E-state index in [2.05, 4.69) is 10.4 Å². The Balaban J connectivity index is 1.75. The topological polar surface area (TPSA) is 76.5 Å². The first-order valence-electron chi connectivity index (χ1n) is 9.70. The van der Waals surface area contributed by atoms with Crippen LogP contribution in [0.5, 0.6) is 0 Å². The summed E-state index contributed by atoms with van der Waals surface area (Å²) >= 11 is 1.33. The van der Waals surface area contributed by atoms with Crippen molar-refractivity contribution in [1.82, 2.24) is 14.7 Å². The zero-order chi connectivity index (χ0) is 21.7. The van der Waals surface area contributed by atoms with Crippen LogP contribution in [0.1, 0.15) is 28.5 Å². The van der Waals surface area contributed by atoms with Gasteiger partial charge in [0.25, 0.3) is 0 Å². The molecule has 1 N–H and O–H groups in total. The highest BCUT2D eigenvalue weighted by molar-refractivity contribution is 7.15. The first-order chi connectivity index (χ1) is 14.4.